The molecule has 43 heavy (non-hydrogen) atoms. The van der Waals surface area contributed by atoms with E-state index in [0.29, 0.717) is 18.7 Å². The lowest BCUT2D eigenvalue weighted by molar-refractivity contribution is -0.147. The number of nitrogens with zero attached hydrogens (tertiary/aromatic N) is 1. The first kappa shape index (κ1) is 30.4. The third-order valence-electron chi connectivity index (χ3n) is 8.10. The van der Waals surface area contributed by atoms with Gasteiger partial charge in [-0.25, -0.2) is 0 Å². The highest BCUT2D eigenvalue weighted by Crippen LogP contribution is 2.40. The molecule has 3 aromatic carbocycles. The van der Waals surface area contributed by atoms with E-state index < -0.39 is 34.7 Å². The number of aromatic hydroxyl groups is 1. The molecule has 1 saturated heterocycles. The van der Waals surface area contributed by atoms with Crippen molar-refractivity contribution in [2.45, 2.75) is 63.1 Å². The largest absolute Gasteiger partial charge is 0.508 e. The maximum atomic E-state index is 13.9. The molecule has 3 aromatic rings. The Bertz CT molecular complexity index is 1510. The molecule has 2 aliphatic rings. The maximum Gasteiger partial charge on any atom is 0.254 e. The zero-order valence-corrected chi connectivity index (χ0v) is 25.3. The number of phenolic OH excluding ortho intramolecular Hbond substituents is 1. The van der Waals surface area contributed by atoms with Gasteiger partial charge in [-0.3, -0.25) is 14.4 Å². The van der Waals surface area contributed by atoms with Crippen LogP contribution in [0.2, 0.25) is 0 Å². The number of carbonyl (C=O) groups excluding carboxylic acids is 3. The second kappa shape index (κ2) is 12.7. The zero-order chi connectivity index (χ0) is 30.7. The van der Waals surface area contributed by atoms with Crippen molar-refractivity contribution in [3.05, 3.63) is 94.5 Å². The number of aliphatic hydroxyl groups is 1. The Hall–Kier alpha value is -4.02. The minimum Gasteiger partial charge on any atom is -0.508 e. The van der Waals surface area contributed by atoms with Crippen molar-refractivity contribution in [2.24, 2.45) is 0 Å². The standard InChI is InChI=1S/C33H37N3O6S/c1-20-24(10-7-11-26(20)37)30(39)35-25(17-21-8-5-4-6-9-21)28(38)32(41)36-19-43-33(2,3)29(36)31(40)34-18-22-12-13-27-23(16-22)14-15-42-27/h4-13,16,25,28-29,37-38H,14-15,17-19H2,1-3H3,(H,34,40)(H,35,39). The Kier molecular flexibility index (Phi) is 8.98. The summed E-state index contributed by atoms with van der Waals surface area (Å²) in [4.78, 5) is 42.2. The molecule has 0 aromatic heterocycles. The van der Waals surface area contributed by atoms with Crippen LogP contribution in [0.1, 0.15) is 46.5 Å². The molecule has 0 radical (unpaired) electrons. The molecular weight excluding hydrogens is 566 g/mol. The molecule has 9 nitrogen and oxygen atoms in total. The molecule has 4 N–H and O–H groups in total. The van der Waals surface area contributed by atoms with Crippen LogP contribution in [0, 0.1) is 6.92 Å². The van der Waals surface area contributed by atoms with E-state index in [1.54, 1.807) is 19.1 Å². The SMILES string of the molecule is Cc1c(O)cccc1C(=O)NC(Cc1ccccc1)C(O)C(=O)N1CSC(C)(C)C1C(=O)NCc1ccc2c(c1)CCO2. The fraction of sp³-hybridized carbons (Fsp3) is 0.364. The number of fused-ring (bicyclic) bond motifs is 1. The van der Waals surface area contributed by atoms with Crippen LogP contribution in [0.3, 0.4) is 0 Å². The summed E-state index contributed by atoms with van der Waals surface area (Å²) in [6.45, 7) is 6.38. The fourth-order valence-electron chi connectivity index (χ4n) is 5.62. The molecule has 3 amide bonds. The number of hydrogen-bond acceptors (Lipinski definition) is 7. The zero-order valence-electron chi connectivity index (χ0n) is 24.5. The molecule has 0 saturated carbocycles. The molecule has 226 valence electrons. The molecule has 5 rings (SSSR count). The van der Waals surface area contributed by atoms with E-state index in [9.17, 15) is 24.6 Å². The van der Waals surface area contributed by atoms with Gasteiger partial charge in [0.1, 0.15) is 17.5 Å². The number of benzene rings is 3. The van der Waals surface area contributed by atoms with E-state index in [0.717, 1.165) is 28.9 Å². The van der Waals surface area contributed by atoms with E-state index in [1.807, 2.05) is 62.4 Å². The van der Waals surface area contributed by atoms with Crippen molar-refractivity contribution in [3.8, 4) is 11.5 Å². The lowest BCUT2D eigenvalue weighted by atomic mass is 9.96. The minimum absolute atomic E-state index is 0.0257. The van der Waals surface area contributed by atoms with Crippen LogP contribution in [0.25, 0.3) is 0 Å². The summed E-state index contributed by atoms with van der Waals surface area (Å²) in [7, 11) is 0. The smallest absolute Gasteiger partial charge is 0.254 e. The Balaban J connectivity index is 1.34. The number of aliphatic hydroxyl groups excluding tert-OH is 1. The van der Waals surface area contributed by atoms with E-state index in [2.05, 4.69) is 10.6 Å². The summed E-state index contributed by atoms with van der Waals surface area (Å²) in [6.07, 6.45) is -0.612. The first-order chi connectivity index (χ1) is 20.5. The van der Waals surface area contributed by atoms with Gasteiger partial charge < -0.3 is 30.5 Å². The van der Waals surface area contributed by atoms with Crippen LogP contribution < -0.4 is 15.4 Å². The topological polar surface area (TPSA) is 128 Å². The molecular formula is C33H37N3O6S. The molecule has 2 aliphatic heterocycles. The molecule has 0 bridgehead atoms. The van der Waals surface area contributed by atoms with Gasteiger partial charge in [0.05, 0.1) is 18.5 Å². The number of carbonyl (C=O) groups is 3. The summed E-state index contributed by atoms with van der Waals surface area (Å²) in [5, 5.41) is 27.4. The summed E-state index contributed by atoms with van der Waals surface area (Å²) < 4.78 is 4.96. The van der Waals surface area contributed by atoms with Gasteiger partial charge in [-0.1, -0.05) is 48.5 Å². The van der Waals surface area contributed by atoms with Gasteiger partial charge in [0.25, 0.3) is 11.8 Å². The third-order valence-corrected chi connectivity index (χ3v) is 9.47. The second-order valence-electron chi connectivity index (χ2n) is 11.5. The van der Waals surface area contributed by atoms with Crippen LogP contribution >= 0.6 is 11.8 Å². The van der Waals surface area contributed by atoms with Gasteiger partial charge in [0.15, 0.2) is 6.10 Å². The molecule has 10 heteroatoms. The number of amides is 3. The average molecular weight is 604 g/mol. The van der Waals surface area contributed by atoms with Crippen molar-refractivity contribution >= 4 is 29.5 Å². The Morgan fingerprint density at radius 3 is 2.60 bits per heavy atom. The molecule has 0 spiro atoms. The lowest BCUT2D eigenvalue weighted by Gasteiger charge is -2.33. The number of phenols is 1. The van der Waals surface area contributed by atoms with Crippen molar-refractivity contribution in [3.63, 3.8) is 0 Å². The fourth-order valence-corrected chi connectivity index (χ4v) is 6.76. The predicted octanol–water partition coefficient (Wildman–Crippen LogP) is 3.33. The Morgan fingerprint density at radius 1 is 1.07 bits per heavy atom. The lowest BCUT2D eigenvalue weighted by Crippen LogP contribution is -2.58. The van der Waals surface area contributed by atoms with Gasteiger partial charge in [0, 0.05) is 28.8 Å². The van der Waals surface area contributed by atoms with Crippen LogP contribution in [-0.4, -0.2) is 68.3 Å². The minimum atomic E-state index is -1.62. The van der Waals surface area contributed by atoms with E-state index in [4.69, 9.17) is 4.74 Å². The monoisotopic (exact) mass is 603 g/mol. The number of ether oxygens (including phenoxy) is 1. The Labute approximate surface area is 255 Å². The van der Waals surface area contributed by atoms with Crippen molar-refractivity contribution in [1.29, 1.82) is 0 Å². The molecule has 2 heterocycles. The Morgan fingerprint density at radius 2 is 1.84 bits per heavy atom. The first-order valence-corrected chi connectivity index (χ1v) is 15.3. The van der Waals surface area contributed by atoms with Crippen molar-refractivity contribution in [2.75, 3.05) is 12.5 Å². The van der Waals surface area contributed by atoms with Crippen LogP contribution in [0.4, 0.5) is 0 Å². The van der Waals surface area contributed by atoms with Crippen LogP contribution in [-0.2, 0) is 29.0 Å². The number of nitrogens with one attached hydrogen (secondary N) is 2. The summed E-state index contributed by atoms with van der Waals surface area (Å²) in [5.74, 6) is -0.415. The first-order valence-electron chi connectivity index (χ1n) is 14.3. The van der Waals surface area contributed by atoms with Gasteiger partial charge in [-0.15, -0.1) is 11.8 Å². The summed E-state index contributed by atoms with van der Waals surface area (Å²) in [6, 6.07) is 17.9. The van der Waals surface area contributed by atoms with Gasteiger partial charge >= 0.3 is 0 Å². The van der Waals surface area contributed by atoms with Gasteiger partial charge in [-0.2, -0.15) is 0 Å². The third kappa shape index (κ3) is 6.65. The van der Waals surface area contributed by atoms with Crippen LogP contribution in [0.5, 0.6) is 11.5 Å². The summed E-state index contributed by atoms with van der Waals surface area (Å²) >= 11 is 1.46. The second-order valence-corrected chi connectivity index (χ2v) is 13.1. The quantitative estimate of drug-likeness (QED) is 0.295. The highest BCUT2D eigenvalue weighted by molar-refractivity contribution is 8.00. The van der Waals surface area contributed by atoms with Crippen molar-refractivity contribution < 1.29 is 29.3 Å². The normalized spacial score (nSPS) is 18.3. The van der Waals surface area contributed by atoms with E-state index in [1.165, 1.54) is 22.7 Å². The molecule has 3 unspecified atom stereocenters. The number of hydrogen-bond donors (Lipinski definition) is 4. The molecule has 3 atom stereocenters. The average Bonchev–Trinajstić information content (AvgIpc) is 3.59. The van der Waals surface area contributed by atoms with Gasteiger partial charge in [0.2, 0.25) is 5.91 Å². The van der Waals surface area contributed by atoms with E-state index in [-0.39, 0.29) is 29.5 Å². The highest BCUT2D eigenvalue weighted by Gasteiger charge is 2.49. The van der Waals surface area contributed by atoms with Crippen molar-refractivity contribution in [1.82, 2.24) is 15.5 Å². The highest BCUT2D eigenvalue weighted by atomic mass is 32.2. The predicted molar refractivity (Wildman–Crippen MR) is 165 cm³/mol. The van der Waals surface area contributed by atoms with E-state index >= 15 is 0 Å². The summed E-state index contributed by atoms with van der Waals surface area (Å²) in [5.41, 5.74) is 3.50. The van der Waals surface area contributed by atoms with Gasteiger partial charge in [-0.05, 0) is 62.1 Å². The number of rotatable bonds is 9. The van der Waals surface area contributed by atoms with Crippen LogP contribution in [0.15, 0.2) is 66.7 Å². The number of thioether (sulfide) groups is 1. The molecule has 0 aliphatic carbocycles. The molecule has 1 fully saturated rings. The maximum absolute atomic E-state index is 13.9.